The first-order valence-corrected chi connectivity index (χ1v) is 8.49. The molecule has 1 aromatic carbocycles. The lowest BCUT2D eigenvalue weighted by molar-refractivity contribution is 0.115. The van der Waals surface area contributed by atoms with Crippen molar-refractivity contribution in [2.45, 2.75) is 20.8 Å². The highest BCUT2D eigenvalue weighted by molar-refractivity contribution is 7.88. The summed E-state index contributed by atoms with van der Waals surface area (Å²) in [4.78, 5) is 12.0. The number of carbonyl (C=O) groups excluding carboxylic acids is 1. The largest absolute Gasteiger partial charge is 0.448 e. The van der Waals surface area contributed by atoms with Gasteiger partial charge in [-0.2, -0.15) is 8.42 Å². The second kappa shape index (κ2) is 6.64. The van der Waals surface area contributed by atoms with Crippen molar-refractivity contribution in [2.75, 3.05) is 10.9 Å². The molecule has 0 radical (unpaired) electrons. The van der Waals surface area contributed by atoms with Crippen molar-refractivity contribution in [3.8, 4) is 11.3 Å². The van der Waals surface area contributed by atoms with Gasteiger partial charge in [0.05, 0.1) is 6.61 Å². The van der Waals surface area contributed by atoms with E-state index in [-0.39, 0.29) is 10.9 Å². The first-order chi connectivity index (χ1) is 11.1. The number of benzene rings is 1. The SMILES string of the molecule is CC(C)(C)COC(=O)N(c1ccc(-c2ccccc2)o1)S(=O)(=O)F. The summed E-state index contributed by atoms with van der Waals surface area (Å²) < 4.78 is 46.3. The molecule has 0 bridgehead atoms. The van der Waals surface area contributed by atoms with Crippen LogP contribution >= 0.6 is 0 Å². The molecule has 0 atom stereocenters. The number of furan rings is 1. The van der Waals surface area contributed by atoms with Crippen LogP contribution in [0.4, 0.5) is 14.6 Å². The minimum absolute atomic E-state index is 0.0793. The molecule has 0 aliphatic rings. The number of amides is 1. The van der Waals surface area contributed by atoms with Crippen LogP contribution in [0.15, 0.2) is 46.9 Å². The predicted molar refractivity (Wildman–Crippen MR) is 87.5 cm³/mol. The average molecular weight is 355 g/mol. The molecule has 0 spiro atoms. The fraction of sp³-hybridized carbons (Fsp3) is 0.312. The Morgan fingerprint density at radius 2 is 1.79 bits per heavy atom. The highest BCUT2D eigenvalue weighted by Crippen LogP contribution is 2.29. The molecule has 24 heavy (non-hydrogen) atoms. The van der Waals surface area contributed by atoms with E-state index in [2.05, 4.69) is 0 Å². The standard InChI is InChI=1S/C16H18FNO5S/c1-16(2,3)11-22-15(19)18(24(17,20)21)14-10-9-13(23-14)12-7-5-4-6-8-12/h4-10H,11H2,1-3H3. The molecule has 130 valence electrons. The van der Waals surface area contributed by atoms with Gasteiger partial charge in [-0.15, -0.1) is 4.31 Å². The summed E-state index contributed by atoms with van der Waals surface area (Å²) in [5, 5.41) is 0. The third-order valence-electron chi connectivity index (χ3n) is 2.86. The summed E-state index contributed by atoms with van der Waals surface area (Å²) in [7, 11) is -5.39. The summed E-state index contributed by atoms with van der Waals surface area (Å²) in [6.07, 6.45) is -1.36. The molecule has 0 aliphatic carbocycles. The number of carbonyl (C=O) groups is 1. The summed E-state index contributed by atoms with van der Waals surface area (Å²) in [5.74, 6) is -0.182. The highest BCUT2D eigenvalue weighted by Gasteiger charge is 2.34. The number of hydrogen-bond donors (Lipinski definition) is 0. The summed E-state index contributed by atoms with van der Waals surface area (Å²) in [6, 6.07) is 11.4. The maximum absolute atomic E-state index is 13.6. The van der Waals surface area contributed by atoms with Crippen molar-refractivity contribution < 1.29 is 26.3 Å². The zero-order valence-electron chi connectivity index (χ0n) is 13.5. The van der Waals surface area contributed by atoms with Crippen molar-refractivity contribution in [3.05, 3.63) is 42.5 Å². The van der Waals surface area contributed by atoms with Gasteiger partial charge in [0.25, 0.3) is 0 Å². The van der Waals surface area contributed by atoms with Crippen LogP contribution in [0.25, 0.3) is 11.3 Å². The molecule has 1 amide bonds. The number of halogens is 1. The zero-order chi connectivity index (χ0) is 18.0. The molecule has 0 unspecified atom stereocenters. The van der Waals surface area contributed by atoms with Crippen LogP contribution in [0.3, 0.4) is 0 Å². The number of anilines is 1. The van der Waals surface area contributed by atoms with Gasteiger partial charge in [-0.05, 0) is 11.5 Å². The molecular formula is C16H18FNO5S. The van der Waals surface area contributed by atoms with Gasteiger partial charge in [-0.3, -0.25) is 0 Å². The van der Waals surface area contributed by atoms with E-state index in [0.717, 1.165) is 0 Å². The Morgan fingerprint density at radius 1 is 1.17 bits per heavy atom. The van der Waals surface area contributed by atoms with Crippen molar-refractivity contribution in [1.29, 1.82) is 0 Å². The van der Waals surface area contributed by atoms with Crippen LogP contribution in [0.2, 0.25) is 0 Å². The number of rotatable bonds is 4. The topological polar surface area (TPSA) is 76.8 Å². The van der Waals surface area contributed by atoms with Crippen LogP contribution < -0.4 is 4.31 Å². The molecule has 0 saturated carbocycles. The minimum Gasteiger partial charge on any atom is -0.448 e. The molecule has 1 aromatic heterocycles. The van der Waals surface area contributed by atoms with Crippen molar-refractivity contribution in [1.82, 2.24) is 0 Å². The monoisotopic (exact) mass is 355 g/mol. The van der Waals surface area contributed by atoms with Gasteiger partial charge in [0.2, 0.25) is 5.88 Å². The Bertz CT molecular complexity index is 808. The van der Waals surface area contributed by atoms with Crippen LogP contribution in [0.5, 0.6) is 0 Å². The van der Waals surface area contributed by atoms with E-state index in [9.17, 15) is 17.1 Å². The molecule has 0 saturated heterocycles. The fourth-order valence-corrected chi connectivity index (χ4v) is 2.36. The fourth-order valence-electron chi connectivity index (χ4n) is 1.82. The lowest BCUT2D eigenvalue weighted by Gasteiger charge is -2.20. The Hall–Kier alpha value is -2.35. The van der Waals surface area contributed by atoms with Gasteiger partial charge in [0, 0.05) is 11.6 Å². The van der Waals surface area contributed by atoms with Gasteiger partial charge in [0.15, 0.2) is 0 Å². The number of nitrogens with zero attached hydrogens (tertiary/aromatic N) is 1. The Kier molecular flexibility index (Phi) is 4.98. The predicted octanol–water partition coefficient (Wildman–Crippen LogP) is 4.15. The van der Waals surface area contributed by atoms with Gasteiger partial charge in [-0.1, -0.05) is 55.0 Å². The molecule has 6 nitrogen and oxygen atoms in total. The van der Waals surface area contributed by atoms with E-state index >= 15 is 0 Å². The molecular weight excluding hydrogens is 337 g/mol. The van der Waals surface area contributed by atoms with Crippen LogP contribution in [0.1, 0.15) is 20.8 Å². The second-order valence-electron chi connectivity index (χ2n) is 6.33. The average Bonchev–Trinajstić information content (AvgIpc) is 2.93. The van der Waals surface area contributed by atoms with Gasteiger partial charge in [-0.25, -0.2) is 4.79 Å². The maximum atomic E-state index is 13.6. The van der Waals surface area contributed by atoms with Crippen molar-refractivity contribution in [3.63, 3.8) is 0 Å². The highest BCUT2D eigenvalue weighted by atomic mass is 32.3. The molecule has 0 fully saturated rings. The Morgan fingerprint density at radius 3 is 2.33 bits per heavy atom. The Labute approximate surface area is 140 Å². The van der Waals surface area contributed by atoms with E-state index in [1.807, 2.05) is 0 Å². The molecule has 1 heterocycles. The van der Waals surface area contributed by atoms with Crippen molar-refractivity contribution in [2.24, 2.45) is 5.41 Å². The van der Waals surface area contributed by atoms with E-state index < -0.39 is 27.8 Å². The summed E-state index contributed by atoms with van der Waals surface area (Å²) >= 11 is 0. The summed E-state index contributed by atoms with van der Waals surface area (Å²) in [5.41, 5.74) is 0.253. The molecule has 0 aliphatic heterocycles. The maximum Gasteiger partial charge on any atom is 0.432 e. The quantitative estimate of drug-likeness (QED) is 0.770. The second-order valence-corrected chi connectivity index (χ2v) is 7.51. The van der Waals surface area contributed by atoms with Gasteiger partial charge in [0.1, 0.15) is 5.76 Å². The lowest BCUT2D eigenvalue weighted by atomic mass is 9.99. The molecule has 0 N–H and O–H groups in total. The van der Waals surface area contributed by atoms with Crippen molar-refractivity contribution >= 4 is 22.4 Å². The summed E-state index contributed by atoms with van der Waals surface area (Å²) in [6.45, 7) is 5.28. The lowest BCUT2D eigenvalue weighted by Crippen LogP contribution is -2.36. The normalized spacial score (nSPS) is 12.0. The van der Waals surface area contributed by atoms with Crippen LogP contribution in [0, 0.1) is 5.41 Å². The van der Waals surface area contributed by atoms with Gasteiger partial charge < -0.3 is 9.15 Å². The third kappa shape index (κ3) is 4.58. The van der Waals surface area contributed by atoms with E-state index in [1.165, 1.54) is 12.1 Å². The van der Waals surface area contributed by atoms with Gasteiger partial charge >= 0.3 is 16.5 Å². The molecule has 2 rings (SSSR count). The zero-order valence-corrected chi connectivity index (χ0v) is 14.3. The number of hydrogen-bond acceptors (Lipinski definition) is 5. The minimum atomic E-state index is -5.39. The van der Waals surface area contributed by atoms with Crippen LogP contribution in [-0.2, 0) is 15.1 Å². The van der Waals surface area contributed by atoms with E-state index in [4.69, 9.17) is 9.15 Å². The van der Waals surface area contributed by atoms with Crippen LogP contribution in [-0.4, -0.2) is 21.1 Å². The first-order valence-electron chi connectivity index (χ1n) is 7.15. The van der Waals surface area contributed by atoms with E-state index in [1.54, 1.807) is 51.1 Å². The Balaban J connectivity index is 2.30. The third-order valence-corrected chi connectivity index (χ3v) is 3.63. The van der Waals surface area contributed by atoms with E-state index in [0.29, 0.717) is 11.3 Å². The smallest absolute Gasteiger partial charge is 0.432 e. The number of ether oxygens (including phenoxy) is 1. The molecule has 2 aromatic rings. The first kappa shape index (κ1) is 18.0. The molecule has 8 heteroatoms.